The lowest BCUT2D eigenvalue weighted by atomic mass is 10.1. The summed E-state index contributed by atoms with van der Waals surface area (Å²) in [5, 5.41) is 2.55. The summed E-state index contributed by atoms with van der Waals surface area (Å²) in [7, 11) is 0. The minimum absolute atomic E-state index is 0.0351. The summed E-state index contributed by atoms with van der Waals surface area (Å²) in [6.45, 7) is -0.211. The van der Waals surface area contributed by atoms with Crippen LogP contribution in [-0.2, 0) is 24.2 Å². The monoisotopic (exact) mass is 499 g/mol. The highest BCUT2D eigenvalue weighted by Crippen LogP contribution is 2.32. The van der Waals surface area contributed by atoms with Gasteiger partial charge in [0, 0.05) is 24.6 Å². The fraction of sp³-hybridized carbons (Fsp3) is 0.0870. The van der Waals surface area contributed by atoms with Gasteiger partial charge in [-0.05, 0) is 23.8 Å². The number of amides is 1. The fourth-order valence-electron chi connectivity index (χ4n) is 3.30. The Morgan fingerprint density at radius 2 is 1.76 bits per heavy atom. The first-order chi connectivity index (χ1) is 16.4. The van der Waals surface area contributed by atoms with Gasteiger partial charge in [-0.25, -0.2) is 8.78 Å². The van der Waals surface area contributed by atoms with Crippen molar-refractivity contribution in [1.82, 2.24) is 14.1 Å². The van der Waals surface area contributed by atoms with Crippen molar-refractivity contribution in [1.29, 1.82) is 0 Å². The molecule has 0 bridgehead atoms. The molecule has 0 radical (unpaired) electrons. The molecule has 1 amide bonds. The summed E-state index contributed by atoms with van der Waals surface area (Å²) >= 11 is -1.96. The van der Waals surface area contributed by atoms with Crippen molar-refractivity contribution in [3.8, 4) is 0 Å². The van der Waals surface area contributed by atoms with Crippen molar-refractivity contribution in [2.45, 2.75) is 13.0 Å². The van der Waals surface area contributed by atoms with Crippen LogP contribution < -0.4 is 9.62 Å². The Bertz CT molecular complexity index is 1330. The van der Waals surface area contributed by atoms with Crippen LogP contribution >= 0.6 is 11.7 Å². The largest absolute Gasteiger partial charge is 0.755 e. The van der Waals surface area contributed by atoms with Gasteiger partial charge in [-0.1, -0.05) is 48.5 Å². The number of nitrogens with one attached hydrogen (secondary N) is 1. The number of nitrogens with zero attached hydrogens (tertiary/aromatic N) is 3. The van der Waals surface area contributed by atoms with Crippen molar-refractivity contribution in [2.75, 3.05) is 4.31 Å². The van der Waals surface area contributed by atoms with Crippen LogP contribution in [0, 0.1) is 11.6 Å². The summed E-state index contributed by atoms with van der Waals surface area (Å²) in [6.07, 6.45) is 0.346. The summed E-state index contributed by atoms with van der Waals surface area (Å²) in [5.41, 5.74) is 1.54. The molecular formula is C23H17F2N4O3S2-. The first-order valence-electron chi connectivity index (χ1n) is 10.00. The average molecular weight is 500 g/mol. The molecule has 174 valence electrons. The highest BCUT2D eigenvalue weighted by molar-refractivity contribution is 7.81. The van der Waals surface area contributed by atoms with Gasteiger partial charge in [-0.15, -0.1) is 0 Å². The molecule has 0 aliphatic carbocycles. The van der Waals surface area contributed by atoms with Gasteiger partial charge in [0.2, 0.25) is 0 Å². The first-order valence-corrected chi connectivity index (χ1v) is 11.8. The molecule has 0 aliphatic heterocycles. The minimum Gasteiger partial charge on any atom is -0.755 e. The Labute approximate surface area is 200 Å². The molecule has 0 spiro atoms. The summed E-state index contributed by atoms with van der Waals surface area (Å²) in [5.74, 6) is -2.07. The van der Waals surface area contributed by atoms with E-state index in [0.29, 0.717) is 12.1 Å². The number of carbonyl (C=O) groups excluding carboxylic acids is 1. The van der Waals surface area contributed by atoms with Crippen LogP contribution in [0.3, 0.4) is 0 Å². The van der Waals surface area contributed by atoms with Crippen molar-refractivity contribution in [3.63, 3.8) is 0 Å². The third-order valence-corrected chi connectivity index (χ3v) is 6.14. The second kappa shape index (κ2) is 10.6. The Kier molecular flexibility index (Phi) is 7.36. The molecule has 1 atom stereocenters. The van der Waals surface area contributed by atoms with Gasteiger partial charge in [0.25, 0.3) is 5.91 Å². The maximum atomic E-state index is 13.9. The zero-order valence-corrected chi connectivity index (χ0v) is 19.1. The summed E-state index contributed by atoms with van der Waals surface area (Å²) in [6, 6.07) is 18.5. The predicted octanol–water partition coefficient (Wildman–Crippen LogP) is 4.27. The number of carbonyl (C=O) groups is 1. The number of hydrogen-bond acceptors (Lipinski definition) is 6. The molecule has 0 saturated heterocycles. The van der Waals surface area contributed by atoms with E-state index in [1.165, 1.54) is 18.2 Å². The SMILES string of the molecule is O=C(NCc1ccc(F)cc1F)c1ccccc1N(c1nsnc1Cc1ccccc1)S(=O)[O-]. The van der Waals surface area contributed by atoms with E-state index >= 15 is 0 Å². The van der Waals surface area contributed by atoms with E-state index in [1.54, 1.807) is 12.1 Å². The first kappa shape index (κ1) is 23.6. The smallest absolute Gasteiger partial charge is 0.253 e. The highest BCUT2D eigenvalue weighted by atomic mass is 32.2. The van der Waals surface area contributed by atoms with Gasteiger partial charge in [0.1, 0.15) is 17.3 Å². The highest BCUT2D eigenvalue weighted by Gasteiger charge is 2.24. The van der Waals surface area contributed by atoms with Gasteiger partial charge in [0.05, 0.1) is 34.2 Å². The Morgan fingerprint density at radius 3 is 2.50 bits per heavy atom. The van der Waals surface area contributed by atoms with E-state index in [4.69, 9.17) is 0 Å². The van der Waals surface area contributed by atoms with Crippen LogP contribution in [0.15, 0.2) is 72.8 Å². The molecule has 3 aromatic carbocycles. The minimum atomic E-state index is -2.82. The Hall–Kier alpha value is -3.54. The fourth-order valence-corrected chi connectivity index (χ4v) is 4.51. The van der Waals surface area contributed by atoms with E-state index in [0.717, 1.165) is 33.7 Å². The second-order valence-corrected chi connectivity index (χ2v) is 8.47. The van der Waals surface area contributed by atoms with Crippen LogP contribution in [0.25, 0.3) is 0 Å². The van der Waals surface area contributed by atoms with Crippen LogP contribution in [0.4, 0.5) is 20.3 Å². The lowest BCUT2D eigenvalue weighted by molar-refractivity contribution is 0.0951. The standard InChI is InChI=1S/C23H18F2N4O3S2/c24-17-11-10-16(19(25)13-17)14-26-23(30)18-8-4-5-9-21(18)29(34(31)32)22-20(27-33-28-22)12-15-6-2-1-3-7-15/h1-11,13H,12,14H2,(H,26,30)(H,31,32)/p-1. The molecule has 34 heavy (non-hydrogen) atoms. The van der Waals surface area contributed by atoms with Crippen molar-refractivity contribution >= 4 is 40.4 Å². The molecule has 1 N–H and O–H groups in total. The summed E-state index contributed by atoms with van der Waals surface area (Å²) < 4.78 is 61.0. The topological polar surface area (TPSA) is 98.2 Å². The molecule has 11 heteroatoms. The number of aromatic nitrogens is 2. The van der Waals surface area contributed by atoms with E-state index in [-0.39, 0.29) is 29.2 Å². The number of halogens is 2. The van der Waals surface area contributed by atoms with Gasteiger partial charge in [-0.3, -0.25) is 13.3 Å². The normalized spacial score (nSPS) is 11.7. The maximum absolute atomic E-state index is 13.9. The Morgan fingerprint density at radius 1 is 1.03 bits per heavy atom. The lowest BCUT2D eigenvalue weighted by Gasteiger charge is -2.26. The average Bonchev–Trinajstić information content (AvgIpc) is 3.26. The number of benzene rings is 3. The number of anilines is 2. The molecule has 0 saturated carbocycles. The van der Waals surface area contributed by atoms with Crippen molar-refractivity contribution in [2.24, 2.45) is 0 Å². The molecule has 1 unspecified atom stereocenters. The molecule has 4 rings (SSSR count). The van der Waals surface area contributed by atoms with Crippen molar-refractivity contribution in [3.05, 3.63) is 107 Å². The zero-order chi connectivity index (χ0) is 24.1. The van der Waals surface area contributed by atoms with Crippen LogP contribution in [0.5, 0.6) is 0 Å². The van der Waals surface area contributed by atoms with E-state index in [9.17, 15) is 22.3 Å². The molecule has 1 heterocycles. The zero-order valence-electron chi connectivity index (χ0n) is 17.5. The number of hydrogen-bond donors (Lipinski definition) is 1. The quantitative estimate of drug-likeness (QED) is 0.365. The van der Waals surface area contributed by atoms with Crippen LogP contribution in [0.2, 0.25) is 0 Å². The van der Waals surface area contributed by atoms with Crippen LogP contribution in [-0.4, -0.2) is 23.4 Å². The number of rotatable bonds is 8. The van der Waals surface area contributed by atoms with E-state index in [1.807, 2.05) is 30.3 Å². The lowest BCUT2D eigenvalue weighted by Crippen LogP contribution is -2.28. The van der Waals surface area contributed by atoms with Gasteiger partial charge in [0.15, 0.2) is 5.82 Å². The van der Waals surface area contributed by atoms with E-state index in [2.05, 4.69) is 14.1 Å². The predicted molar refractivity (Wildman–Crippen MR) is 124 cm³/mol. The molecule has 0 fully saturated rings. The van der Waals surface area contributed by atoms with Gasteiger partial charge < -0.3 is 9.87 Å². The molecule has 7 nitrogen and oxygen atoms in total. The molecular weight excluding hydrogens is 482 g/mol. The molecule has 0 aliphatic rings. The third kappa shape index (κ3) is 5.33. The Balaban J connectivity index is 1.63. The number of para-hydroxylation sites is 1. The second-order valence-electron chi connectivity index (χ2n) is 7.14. The van der Waals surface area contributed by atoms with Gasteiger partial charge in [-0.2, -0.15) is 8.75 Å². The maximum Gasteiger partial charge on any atom is 0.253 e. The molecule has 1 aromatic heterocycles. The van der Waals surface area contributed by atoms with E-state index < -0.39 is 28.8 Å². The molecule has 4 aromatic rings. The van der Waals surface area contributed by atoms with Crippen molar-refractivity contribution < 1.29 is 22.3 Å². The third-order valence-electron chi connectivity index (χ3n) is 4.91. The summed E-state index contributed by atoms with van der Waals surface area (Å²) in [4.78, 5) is 12.9. The van der Waals surface area contributed by atoms with Gasteiger partial charge >= 0.3 is 0 Å². The van der Waals surface area contributed by atoms with Crippen LogP contribution in [0.1, 0.15) is 27.2 Å².